The van der Waals surface area contributed by atoms with Crippen molar-refractivity contribution in [3.63, 3.8) is 0 Å². The summed E-state index contributed by atoms with van der Waals surface area (Å²) < 4.78 is 17.0. The highest BCUT2D eigenvalue weighted by molar-refractivity contribution is 6.01. The van der Waals surface area contributed by atoms with Crippen molar-refractivity contribution in [3.05, 3.63) is 71.3 Å². The average Bonchev–Trinajstić information content (AvgIpc) is 3.31. The Morgan fingerprint density at radius 3 is 2.39 bits per heavy atom. The van der Waals surface area contributed by atoms with Crippen LogP contribution in [0.15, 0.2) is 54.6 Å². The number of piperidine rings is 1. The number of ether oxygens (including phenoxy) is 3. The highest BCUT2D eigenvalue weighted by Crippen LogP contribution is 2.44. The zero-order chi connectivity index (χ0) is 22.8. The van der Waals surface area contributed by atoms with Crippen LogP contribution in [0.1, 0.15) is 46.3 Å². The molecule has 3 aliphatic heterocycles. The second kappa shape index (κ2) is 9.25. The first-order valence-corrected chi connectivity index (χ1v) is 11.6. The van der Waals surface area contributed by atoms with Crippen molar-refractivity contribution in [1.29, 1.82) is 0 Å². The molecule has 1 spiro atoms. The zero-order valence-corrected chi connectivity index (χ0v) is 18.9. The van der Waals surface area contributed by atoms with Gasteiger partial charge in [0.05, 0.1) is 31.8 Å². The molecule has 3 heterocycles. The van der Waals surface area contributed by atoms with E-state index in [1.807, 2.05) is 59.5 Å². The minimum atomic E-state index is -0.541. The monoisotopic (exact) mass is 450 g/mol. The fourth-order valence-electron chi connectivity index (χ4n) is 5.37. The van der Waals surface area contributed by atoms with Gasteiger partial charge in [0.15, 0.2) is 5.79 Å². The second-order valence-corrected chi connectivity index (χ2v) is 8.84. The van der Waals surface area contributed by atoms with Crippen LogP contribution in [0, 0.1) is 0 Å². The number of benzene rings is 2. The van der Waals surface area contributed by atoms with Crippen molar-refractivity contribution in [2.45, 2.75) is 30.6 Å². The van der Waals surface area contributed by atoms with Gasteiger partial charge in [0, 0.05) is 45.1 Å². The summed E-state index contributed by atoms with van der Waals surface area (Å²) in [7, 11) is 1.62. The van der Waals surface area contributed by atoms with E-state index in [2.05, 4.69) is 0 Å². The van der Waals surface area contributed by atoms with Crippen LogP contribution in [-0.4, -0.2) is 74.0 Å². The number of rotatable bonds is 5. The summed E-state index contributed by atoms with van der Waals surface area (Å²) in [4.78, 5) is 31.4. The summed E-state index contributed by atoms with van der Waals surface area (Å²) in [6, 6.07) is 17.0. The number of carbonyl (C=O) groups excluding carboxylic acids is 2. The molecule has 7 heteroatoms. The van der Waals surface area contributed by atoms with Gasteiger partial charge >= 0.3 is 0 Å². The molecule has 7 nitrogen and oxygen atoms in total. The van der Waals surface area contributed by atoms with E-state index in [4.69, 9.17) is 14.2 Å². The third-order valence-corrected chi connectivity index (χ3v) is 7.03. The molecule has 2 amide bonds. The van der Waals surface area contributed by atoms with Crippen molar-refractivity contribution >= 4 is 11.8 Å². The lowest BCUT2D eigenvalue weighted by Crippen LogP contribution is -2.52. The lowest BCUT2D eigenvalue weighted by Gasteiger charge is -2.45. The van der Waals surface area contributed by atoms with E-state index in [1.165, 1.54) is 0 Å². The second-order valence-electron chi connectivity index (χ2n) is 8.84. The molecule has 2 aromatic carbocycles. The van der Waals surface area contributed by atoms with Gasteiger partial charge in [-0.25, -0.2) is 0 Å². The molecule has 2 aromatic rings. The predicted octanol–water partition coefficient (Wildman–Crippen LogP) is 2.98. The molecule has 0 N–H and O–H groups in total. The number of amides is 2. The Balaban J connectivity index is 1.52. The van der Waals surface area contributed by atoms with Crippen molar-refractivity contribution < 1.29 is 23.8 Å². The van der Waals surface area contributed by atoms with Crippen LogP contribution in [0.5, 0.6) is 0 Å². The van der Waals surface area contributed by atoms with Gasteiger partial charge in [-0.05, 0) is 17.2 Å². The first-order valence-electron chi connectivity index (χ1n) is 11.6. The first kappa shape index (κ1) is 22.1. The molecule has 2 unspecified atom stereocenters. The number of fused-ring (bicyclic) bond motifs is 1. The molecule has 0 aliphatic carbocycles. The fraction of sp³-hybridized carbons (Fsp3) is 0.462. The molecule has 0 bridgehead atoms. The van der Waals surface area contributed by atoms with E-state index in [0.29, 0.717) is 57.9 Å². The van der Waals surface area contributed by atoms with E-state index < -0.39 is 17.7 Å². The van der Waals surface area contributed by atoms with Crippen LogP contribution < -0.4 is 0 Å². The first-order chi connectivity index (χ1) is 16.1. The lowest BCUT2D eigenvalue weighted by molar-refractivity contribution is -0.188. The van der Waals surface area contributed by atoms with Gasteiger partial charge in [-0.2, -0.15) is 0 Å². The fourth-order valence-corrected chi connectivity index (χ4v) is 5.37. The predicted molar refractivity (Wildman–Crippen MR) is 122 cm³/mol. The zero-order valence-electron chi connectivity index (χ0n) is 18.9. The van der Waals surface area contributed by atoms with Crippen LogP contribution in [0.3, 0.4) is 0 Å². The molecule has 0 saturated carbocycles. The quantitative estimate of drug-likeness (QED) is 0.701. The van der Waals surface area contributed by atoms with Crippen molar-refractivity contribution in [3.8, 4) is 0 Å². The number of methoxy groups -OCH3 is 1. The Morgan fingerprint density at radius 1 is 1.03 bits per heavy atom. The van der Waals surface area contributed by atoms with E-state index in [9.17, 15) is 9.59 Å². The summed E-state index contributed by atoms with van der Waals surface area (Å²) in [5, 5.41) is 0. The third-order valence-electron chi connectivity index (χ3n) is 7.03. The van der Waals surface area contributed by atoms with Crippen LogP contribution in [0.2, 0.25) is 0 Å². The molecular weight excluding hydrogens is 420 g/mol. The Labute approximate surface area is 194 Å². The highest BCUT2D eigenvalue weighted by atomic mass is 16.7. The minimum absolute atomic E-state index is 0.0408. The van der Waals surface area contributed by atoms with Gasteiger partial charge in [0.25, 0.3) is 5.91 Å². The lowest BCUT2D eigenvalue weighted by atomic mass is 9.78. The average molecular weight is 451 g/mol. The molecule has 5 rings (SSSR count). The van der Waals surface area contributed by atoms with Gasteiger partial charge < -0.3 is 24.0 Å². The van der Waals surface area contributed by atoms with Crippen molar-refractivity contribution in [2.75, 3.05) is 46.6 Å². The van der Waals surface area contributed by atoms with Crippen LogP contribution in [0.25, 0.3) is 0 Å². The number of nitrogens with zero attached hydrogens (tertiary/aromatic N) is 2. The van der Waals surface area contributed by atoms with Crippen molar-refractivity contribution in [2.24, 2.45) is 0 Å². The van der Waals surface area contributed by atoms with Crippen LogP contribution >= 0.6 is 0 Å². The smallest absolute Gasteiger partial charge is 0.254 e. The molecular formula is C26H30N2O5. The SMILES string of the molecule is COCCN1C(=O)c2ccccc2C(C(=O)N2CCC3(CC2)OCCO3)C1c1ccccc1. The maximum atomic E-state index is 14.1. The molecule has 2 saturated heterocycles. The summed E-state index contributed by atoms with van der Waals surface area (Å²) in [5.74, 6) is -1.05. The number of hydrogen-bond acceptors (Lipinski definition) is 5. The molecule has 174 valence electrons. The Kier molecular flexibility index (Phi) is 6.19. The molecule has 0 radical (unpaired) electrons. The maximum Gasteiger partial charge on any atom is 0.254 e. The molecule has 3 aliphatic rings. The van der Waals surface area contributed by atoms with Gasteiger partial charge in [-0.15, -0.1) is 0 Å². The van der Waals surface area contributed by atoms with Crippen molar-refractivity contribution in [1.82, 2.24) is 9.80 Å². The van der Waals surface area contributed by atoms with Gasteiger partial charge in [0.1, 0.15) is 0 Å². The number of carbonyl (C=O) groups is 2. The Hall–Kier alpha value is -2.74. The summed E-state index contributed by atoms with van der Waals surface area (Å²) in [6.45, 7) is 3.18. The maximum absolute atomic E-state index is 14.1. The van der Waals surface area contributed by atoms with Gasteiger partial charge in [0.2, 0.25) is 5.91 Å². The van der Waals surface area contributed by atoms with E-state index in [-0.39, 0.29) is 11.8 Å². The number of hydrogen-bond donors (Lipinski definition) is 0. The molecule has 2 fully saturated rings. The van der Waals surface area contributed by atoms with E-state index in [0.717, 1.165) is 11.1 Å². The third kappa shape index (κ3) is 4.05. The summed E-state index contributed by atoms with van der Waals surface area (Å²) in [6.07, 6.45) is 1.32. The normalized spacial score (nSPS) is 24.2. The minimum Gasteiger partial charge on any atom is -0.383 e. The molecule has 2 atom stereocenters. The highest BCUT2D eigenvalue weighted by Gasteiger charge is 2.47. The molecule has 0 aromatic heterocycles. The largest absolute Gasteiger partial charge is 0.383 e. The summed E-state index contributed by atoms with van der Waals surface area (Å²) >= 11 is 0. The Bertz CT molecular complexity index is 995. The van der Waals surface area contributed by atoms with Crippen LogP contribution in [-0.2, 0) is 19.0 Å². The van der Waals surface area contributed by atoms with E-state index in [1.54, 1.807) is 12.0 Å². The van der Waals surface area contributed by atoms with Crippen LogP contribution in [0.4, 0.5) is 0 Å². The topological polar surface area (TPSA) is 68.3 Å². The molecule has 33 heavy (non-hydrogen) atoms. The standard InChI is InChI=1S/C26H30N2O5/c1-31-16-15-28-23(19-7-3-2-4-8-19)22(20-9-5-6-10-21(20)24(28)29)25(30)27-13-11-26(12-14-27)32-17-18-33-26/h2-10,22-23H,11-18H2,1H3. The van der Waals surface area contributed by atoms with Gasteiger partial charge in [-0.3, -0.25) is 9.59 Å². The Morgan fingerprint density at radius 2 is 1.70 bits per heavy atom. The number of likely N-dealkylation sites (tertiary alicyclic amines) is 1. The van der Waals surface area contributed by atoms with Gasteiger partial charge in [-0.1, -0.05) is 48.5 Å². The summed E-state index contributed by atoms with van der Waals surface area (Å²) in [5.41, 5.74) is 2.34. The van der Waals surface area contributed by atoms with E-state index >= 15 is 0 Å².